The van der Waals surface area contributed by atoms with E-state index in [1.54, 1.807) is 17.0 Å². The number of fused-ring (bicyclic) bond motifs is 1. The topological polar surface area (TPSA) is 117 Å². The van der Waals surface area contributed by atoms with E-state index in [2.05, 4.69) is 22.8 Å². The Morgan fingerprint density at radius 1 is 1.21 bits per heavy atom. The molecule has 1 unspecified atom stereocenters. The molecule has 0 radical (unpaired) electrons. The first-order valence-corrected chi connectivity index (χ1v) is 15.2. The Hall–Kier alpha value is -4.12. The van der Waals surface area contributed by atoms with Gasteiger partial charge in [0.15, 0.2) is 10.8 Å². The molecule has 2 fully saturated rings. The van der Waals surface area contributed by atoms with Crippen molar-refractivity contribution in [2.24, 2.45) is 0 Å². The number of carbonyl (C=O) groups excluding carboxylic acids is 1. The van der Waals surface area contributed by atoms with E-state index in [1.807, 2.05) is 36.4 Å². The summed E-state index contributed by atoms with van der Waals surface area (Å²) < 4.78 is 15.4. The van der Waals surface area contributed by atoms with E-state index in [9.17, 15) is 19.6 Å². The number of amides is 1. The van der Waals surface area contributed by atoms with Crippen molar-refractivity contribution in [1.29, 1.82) is 5.26 Å². The summed E-state index contributed by atoms with van der Waals surface area (Å²) in [5, 5.41) is 24.9. The summed E-state index contributed by atoms with van der Waals surface area (Å²) in [6.07, 6.45) is 0.278. The van der Waals surface area contributed by atoms with Gasteiger partial charge in [0.05, 0.1) is 18.3 Å². The Bertz CT molecular complexity index is 1710. The summed E-state index contributed by atoms with van der Waals surface area (Å²) in [4.78, 5) is 31.0. The highest BCUT2D eigenvalue weighted by molar-refractivity contribution is 7.16. The predicted octanol–water partition coefficient (Wildman–Crippen LogP) is 3.22. The molecule has 13 heteroatoms. The van der Waals surface area contributed by atoms with Crippen LogP contribution in [0.4, 0.5) is 21.0 Å². The molecule has 2 aliphatic rings. The van der Waals surface area contributed by atoms with Crippen LogP contribution in [0.2, 0.25) is 0 Å². The number of halogens is 1. The van der Waals surface area contributed by atoms with Gasteiger partial charge < -0.3 is 19.8 Å². The molecule has 0 aliphatic carbocycles. The predicted molar refractivity (Wildman–Crippen MR) is 163 cm³/mol. The van der Waals surface area contributed by atoms with Gasteiger partial charge in [-0.2, -0.15) is 10.4 Å². The Morgan fingerprint density at radius 2 is 1.95 bits per heavy atom. The van der Waals surface area contributed by atoms with Crippen molar-refractivity contribution < 1.29 is 14.3 Å². The summed E-state index contributed by atoms with van der Waals surface area (Å²) >= 11 is 1.28. The second-order valence-electron chi connectivity index (χ2n) is 11.2. The number of β-amino-alcohol motifs (C(OH)–C–C–N with tert-alkyl or cyclic N) is 1. The van der Waals surface area contributed by atoms with Crippen LogP contribution in [0.15, 0.2) is 30.3 Å². The quantitative estimate of drug-likeness (QED) is 0.340. The van der Waals surface area contributed by atoms with Crippen LogP contribution in [-0.4, -0.2) is 98.9 Å². The lowest BCUT2D eigenvalue weighted by atomic mass is 10.1. The highest BCUT2D eigenvalue weighted by atomic mass is 32.1. The number of carbonyl (C=O) groups is 1. The number of nitrogens with zero attached hydrogens (tertiary/aromatic N) is 9. The van der Waals surface area contributed by atoms with Crippen LogP contribution in [0.1, 0.15) is 30.1 Å². The fourth-order valence-corrected chi connectivity index (χ4v) is 6.58. The number of rotatable bonds is 7. The van der Waals surface area contributed by atoms with Crippen LogP contribution in [-0.2, 0) is 11.2 Å². The summed E-state index contributed by atoms with van der Waals surface area (Å²) in [6, 6.07) is 10.4. The highest BCUT2D eigenvalue weighted by Gasteiger charge is 2.33. The van der Waals surface area contributed by atoms with E-state index in [4.69, 9.17) is 15.1 Å². The lowest BCUT2D eigenvalue weighted by molar-refractivity contribution is -0.143. The minimum atomic E-state index is -0.399. The molecule has 5 heterocycles. The van der Waals surface area contributed by atoms with Crippen molar-refractivity contribution in [1.82, 2.24) is 29.4 Å². The molecular weight excluding hydrogens is 569 g/mol. The van der Waals surface area contributed by atoms with Crippen LogP contribution in [0, 0.1) is 24.1 Å². The molecule has 11 nitrogen and oxygen atoms in total. The molecule has 2 aliphatic heterocycles. The molecule has 43 heavy (non-hydrogen) atoms. The fraction of sp³-hybridized carbons (Fsp3) is 0.433. The summed E-state index contributed by atoms with van der Waals surface area (Å²) in [5.74, 6) is 0.557. The Kier molecular flexibility index (Phi) is 7.76. The zero-order valence-electron chi connectivity index (χ0n) is 24.7. The molecule has 1 amide bonds. The van der Waals surface area contributed by atoms with Crippen molar-refractivity contribution in [3.8, 4) is 17.3 Å². The average molecular weight is 604 g/mol. The van der Waals surface area contributed by atoms with Gasteiger partial charge in [-0.1, -0.05) is 18.3 Å². The van der Waals surface area contributed by atoms with E-state index < -0.39 is 6.10 Å². The Labute approximate surface area is 253 Å². The van der Waals surface area contributed by atoms with E-state index in [-0.39, 0.29) is 17.8 Å². The van der Waals surface area contributed by atoms with Crippen LogP contribution in [0.3, 0.4) is 0 Å². The molecular formula is C30H34FN9O2S. The third kappa shape index (κ3) is 5.42. The van der Waals surface area contributed by atoms with Crippen LogP contribution in [0.25, 0.3) is 16.9 Å². The third-order valence-corrected chi connectivity index (χ3v) is 9.27. The van der Waals surface area contributed by atoms with Gasteiger partial charge in [0.2, 0.25) is 5.91 Å². The zero-order valence-corrected chi connectivity index (χ0v) is 25.5. The third-order valence-electron chi connectivity index (χ3n) is 8.23. The lowest BCUT2D eigenvalue weighted by Crippen LogP contribution is -2.59. The molecule has 0 saturated carbocycles. The standard InChI is InChI=1S/C30H34FN9O2S/c1-5-23-28(36(4)30-34-27(24(13-32)43-30)20-6-8-21(31)9-7-20)29-33-25(12-18(2)40(29)35-23)38-11-10-37(19(3)14-38)17-26(42)39-15-22(41)16-39/h6-9,12,19,22,41H,5,10-11,14-17H2,1-4H3. The minimum Gasteiger partial charge on any atom is -0.389 e. The normalized spacial score (nSPS) is 17.7. The van der Waals surface area contributed by atoms with Gasteiger partial charge in [0, 0.05) is 63.1 Å². The largest absolute Gasteiger partial charge is 0.389 e. The second-order valence-corrected chi connectivity index (χ2v) is 12.2. The van der Waals surface area contributed by atoms with Crippen molar-refractivity contribution in [3.05, 3.63) is 52.4 Å². The average Bonchev–Trinajstić information content (AvgIpc) is 3.58. The van der Waals surface area contributed by atoms with Crippen molar-refractivity contribution in [2.75, 3.05) is 56.1 Å². The first-order chi connectivity index (χ1) is 20.7. The number of aryl methyl sites for hydroxylation is 2. The highest BCUT2D eigenvalue weighted by Crippen LogP contribution is 2.38. The molecule has 4 aromatic rings. The molecule has 0 bridgehead atoms. The number of aliphatic hydroxyl groups excluding tert-OH is 1. The number of aromatic nitrogens is 4. The summed E-state index contributed by atoms with van der Waals surface area (Å²) in [6.45, 7) is 9.54. The van der Waals surface area contributed by atoms with Gasteiger partial charge in [-0.05, 0) is 44.5 Å². The number of benzene rings is 1. The number of hydrogen-bond acceptors (Lipinski definition) is 10. The van der Waals surface area contributed by atoms with E-state index in [0.717, 1.165) is 42.5 Å². The van der Waals surface area contributed by atoms with Crippen molar-refractivity contribution >= 4 is 39.5 Å². The number of anilines is 3. The molecule has 224 valence electrons. The van der Waals surface area contributed by atoms with Crippen LogP contribution < -0.4 is 9.80 Å². The number of hydrogen-bond donors (Lipinski definition) is 1. The SMILES string of the molecule is CCc1nn2c(C)cc(N3CCN(CC(=O)N4CC(O)C4)C(C)C3)nc2c1N(C)c1nc(-c2ccc(F)cc2)c(C#N)s1. The molecule has 6 rings (SSSR count). The molecule has 0 spiro atoms. The maximum absolute atomic E-state index is 13.5. The number of likely N-dealkylation sites (tertiary alicyclic amines) is 1. The molecule has 1 aromatic carbocycles. The zero-order chi connectivity index (χ0) is 30.4. The van der Waals surface area contributed by atoms with Crippen molar-refractivity contribution in [3.63, 3.8) is 0 Å². The number of nitriles is 1. The first kappa shape index (κ1) is 29.0. The Balaban J connectivity index is 1.28. The molecule has 2 saturated heterocycles. The number of thiazole rings is 1. The van der Waals surface area contributed by atoms with Gasteiger partial charge >= 0.3 is 0 Å². The fourth-order valence-electron chi connectivity index (χ4n) is 5.72. The number of aliphatic hydroxyl groups is 1. The van der Waals surface area contributed by atoms with Gasteiger partial charge in [-0.15, -0.1) is 0 Å². The smallest absolute Gasteiger partial charge is 0.236 e. The summed E-state index contributed by atoms with van der Waals surface area (Å²) in [7, 11) is 1.91. The maximum atomic E-state index is 13.5. The van der Waals surface area contributed by atoms with Gasteiger partial charge in [0.25, 0.3) is 0 Å². The van der Waals surface area contributed by atoms with E-state index in [1.165, 1.54) is 23.5 Å². The second kappa shape index (κ2) is 11.5. The van der Waals surface area contributed by atoms with E-state index in [0.29, 0.717) is 53.0 Å². The Morgan fingerprint density at radius 3 is 2.60 bits per heavy atom. The van der Waals surface area contributed by atoms with Gasteiger partial charge in [0.1, 0.15) is 34.0 Å². The van der Waals surface area contributed by atoms with Crippen molar-refractivity contribution in [2.45, 2.75) is 39.3 Å². The molecule has 1 N–H and O–H groups in total. The molecule has 3 aromatic heterocycles. The number of piperazine rings is 1. The minimum absolute atomic E-state index is 0.0596. The first-order valence-electron chi connectivity index (χ1n) is 14.4. The van der Waals surface area contributed by atoms with Gasteiger partial charge in [-0.25, -0.2) is 18.9 Å². The van der Waals surface area contributed by atoms with Crippen LogP contribution >= 0.6 is 11.3 Å². The van der Waals surface area contributed by atoms with Crippen LogP contribution in [0.5, 0.6) is 0 Å². The van der Waals surface area contributed by atoms with Gasteiger partial charge in [-0.3, -0.25) is 9.69 Å². The summed E-state index contributed by atoms with van der Waals surface area (Å²) in [5.41, 5.74) is 4.53. The monoisotopic (exact) mass is 603 g/mol. The van der Waals surface area contributed by atoms with E-state index >= 15 is 0 Å². The molecule has 1 atom stereocenters. The maximum Gasteiger partial charge on any atom is 0.236 e. The lowest BCUT2D eigenvalue weighted by Gasteiger charge is -2.42.